The molecule has 1 amide bonds. The molecule has 0 unspecified atom stereocenters. The highest BCUT2D eigenvalue weighted by Gasteiger charge is 2.20. The van der Waals surface area contributed by atoms with Crippen LogP contribution in [0.4, 0.5) is 4.39 Å². The van der Waals surface area contributed by atoms with Gasteiger partial charge in [-0.2, -0.15) is 5.10 Å². The molecule has 0 spiro atoms. The molecule has 23 heavy (non-hydrogen) atoms. The molecule has 124 valence electrons. The third-order valence-electron chi connectivity index (χ3n) is 3.33. The molecule has 0 aliphatic carbocycles. The Hall–Kier alpha value is -2.22. The van der Waals surface area contributed by atoms with Crippen LogP contribution in [0.2, 0.25) is 0 Å². The van der Waals surface area contributed by atoms with Gasteiger partial charge in [0, 0.05) is 18.7 Å². The predicted octanol–water partition coefficient (Wildman–Crippen LogP) is 1.84. The van der Waals surface area contributed by atoms with Crippen LogP contribution in [0, 0.1) is 26.6 Å². The SMILES string of the molecule is Cc1cc(C)n(CCC(=O)NS(=O)(=O)c2ccc(F)cc2C)n1. The van der Waals surface area contributed by atoms with E-state index in [9.17, 15) is 17.6 Å². The lowest BCUT2D eigenvalue weighted by atomic mass is 10.2. The molecular formula is C15H18FN3O3S. The van der Waals surface area contributed by atoms with Crippen molar-refractivity contribution in [1.82, 2.24) is 14.5 Å². The molecule has 8 heteroatoms. The standard InChI is InChI=1S/C15H18FN3O3S/c1-10-8-13(16)4-5-14(10)23(21,22)18-15(20)6-7-19-12(3)9-11(2)17-19/h4-5,8-9H,6-7H2,1-3H3,(H,18,20). The highest BCUT2D eigenvalue weighted by atomic mass is 32.2. The lowest BCUT2D eigenvalue weighted by molar-refractivity contribution is -0.119. The minimum absolute atomic E-state index is 0.0264. The molecule has 0 fully saturated rings. The zero-order chi connectivity index (χ0) is 17.2. The maximum Gasteiger partial charge on any atom is 0.264 e. The number of carbonyl (C=O) groups excluding carboxylic acids is 1. The number of halogens is 1. The summed E-state index contributed by atoms with van der Waals surface area (Å²) in [5.41, 5.74) is 1.97. The van der Waals surface area contributed by atoms with Gasteiger partial charge in [0.05, 0.1) is 10.6 Å². The Morgan fingerprint density at radius 2 is 1.96 bits per heavy atom. The largest absolute Gasteiger partial charge is 0.274 e. The van der Waals surface area contributed by atoms with Crippen LogP contribution in [0.15, 0.2) is 29.2 Å². The first kappa shape index (κ1) is 17.1. The minimum Gasteiger partial charge on any atom is -0.274 e. The summed E-state index contributed by atoms with van der Waals surface area (Å²) in [4.78, 5) is 11.8. The summed E-state index contributed by atoms with van der Waals surface area (Å²) in [7, 11) is -4.01. The van der Waals surface area contributed by atoms with E-state index in [-0.39, 0.29) is 23.4 Å². The fraction of sp³-hybridized carbons (Fsp3) is 0.333. The molecule has 0 saturated carbocycles. The number of aromatic nitrogens is 2. The lowest BCUT2D eigenvalue weighted by Gasteiger charge is -2.10. The van der Waals surface area contributed by atoms with Crippen molar-refractivity contribution in [2.45, 2.75) is 38.6 Å². The molecule has 1 aromatic heterocycles. The summed E-state index contributed by atoms with van der Waals surface area (Å²) in [5.74, 6) is -1.17. The van der Waals surface area contributed by atoms with Crippen LogP contribution in [-0.2, 0) is 21.4 Å². The molecule has 0 aliphatic rings. The van der Waals surface area contributed by atoms with E-state index >= 15 is 0 Å². The second-order valence-electron chi connectivity index (χ2n) is 5.34. The van der Waals surface area contributed by atoms with Crippen LogP contribution in [-0.4, -0.2) is 24.1 Å². The normalized spacial score (nSPS) is 11.5. The smallest absolute Gasteiger partial charge is 0.264 e. The van der Waals surface area contributed by atoms with Crippen molar-refractivity contribution in [3.63, 3.8) is 0 Å². The molecule has 0 aliphatic heterocycles. The van der Waals surface area contributed by atoms with Crippen molar-refractivity contribution >= 4 is 15.9 Å². The fourth-order valence-electron chi connectivity index (χ4n) is 2.28. The maximum absolute atomic E-state index is 13.1. The molecule has 1 aromatic carbocycles. The molecule has 2 aromatic rings. The number of nitrogens with one attached hydrogen (secondary N) is 1. The summed E-state index contributed by atoms with van der Waals surface area (Å²) < 4.78 is 41.1. The van der Waals surface area contributed by atoms with Gasteiger partial charge in [0.25, 0.3) is 10.0 Å². The third-order valence-corrected chi connectivity index (χ3v) is 4.86. The van der Waals surface area contributed by atoms with Gasteiger partial charge in [-0.15, -0.1) is 0 Å². The van der Waals surface area contributed by atoms with Crippen LogP contribution < -0.4 is 4.72 Å². The van der Waals surface area contributed by atoms with Crippen molar-refractivity contribution < 1.29 is 17.6 Å². The summed E-state index contributed by atoms with van der Waals surface area (Å²) in [6, 6.07) is 5.16. The monoisotopic (exact) mass is 339 g/mol. The second kappa shape index (κ2) is 6.49. The van der Waals surface area contributed by atoms with Crippen LogP contribution in [0.3, 0.4) is 0 Å². The topological polar surface area (TPSA) is 81.1 Å². The Balaban J connectivity index is 2.05. The summed E-state index contributed by atoms with van der Waals surface area (Å²) in [6.45, 7) is 5.45. The van der Waals surface area contributed by atoms with E-state index in [1.165, 1.54) is 6.92 Å². The number of nitrogens with zero attached hydrogens (tertiary/aromatic N) is 2. The summed E-state index contributed by atoms with van der Waals surface area (Å²) in [5, 5.41) is 4.21. The van der Waals surface area contributed by atoms with Crippen molar-refractivity contribution in [1.29, 1.82) is 0 Å². The third kappa shape index (κ3) is 4.16. The average Bonchev–Trinajstić information content (AvgIpc) is 2.73. The van der Waals surface area contributed by atoms with E-state index in [1.807, 2.05) is 24.6 Å². The van der Waals surface area contributed by atoms with E-state index in [1.54, 1.807) is 4.68 Å². The number of hydrogen-bond donors (Lipinski definition) is 1. The molecule has 6 nitrogen and oxygen atoms in total. The van der Waals surface area contributed by atoms with Gasteiger partial charge in [-0.3, -0.25) is 9.48 Å². The van der Waals surface area contributed by atoms with Crippen LogP contribution in [0.25, 0.3) is 0 Å². The molecule has 0 radical (unpaired) electrons. The molecule has 0 saturated heterocycles. The number of hydrogen-bond acceptors (Lipinski definition) is 4. The molecule has 0 bridgehead atoms. The van der Waals surface area contributed by atoms with Crippen molar-refractivity contribution in [3.8, 4) is 0 Å². The van der Waals surface area contributed by atoms with Gasteiger partial charge in [-0.25, -0.2) is 17.5 Å². The van der Waals surface area contributed by atoms with Gasteiger partial charge in [0.2, 0.25) is 5.91 Å². The Morgan fingerprint density at radius 3 is 2.52 bits per heavy atom. The Kier molecular flexibility index (Phi) is 4.84. The average molecular weight is 339 g/mol. The highest BCUT2D eigenvalue weighted by molar-refractivity contribution is 7.90. The highest BCUT2D eigenvalue weighted by Crippen LogP contribution is 2.16. The minimum atomic E-state index is -4.01. The summed E-state index contributed by atoms with van der Waals surface area (Å²) in [6.07, 6.45) is -0.0264. The van der Waals surface area contributed by atoms with E-state index in [2.05, 4.69) is 5.10 Å². The zero-order valence-electron chi connectivity index (χ0n) is 13.1. The maximum atomic E-state index is 13.1. The predicted molar refractivity (Wildman–Crippen MR) is 82.8 cm³/mol. The van der Waals surface area contributed by atoms with Crippen LogP contribution in [0.1, 0.15) is 23.4 Å². The number of rotatable bonds is 5. The van der Waals surface area contributed by atoms with Gasteiger partial charge in [-0.1, -0.05) is 0 Å². The lowest BCUT2D eigenvalue weighted by Crippen LogP contribution is -2.31. The fourth-order valence-corrected chi connectivity index (χ4v) is 3.52. The Morgan fingerprint density at radius 1 is 1.26 bits per heavy atom. The van der Waals surface area contributed by atoms with Gasteiger partial charge in [0.1, 0.15) is 5.82 Å². The number of sulfonamides is 1. The van der Waals surface area contributed by atoms with Crippen molar-refractivity contribution in [2.24, 2.45) is 0 Å². The number of amides is 1. The molecule has 1 N–H and O–H groups in total. The molecule has 2 rings (SSSR count). The first-order chi connectivity index (χ1) is 10.7. The first-order valence-electron chi connectivity index (χ1n) is 7.02. The van der Waals surface area contributed by atoms with Crippen molar-refractivity contribution in [3.05, 3.63) is 47.0 Å². The zero-order valence-corrected chi connectivity index (χ0v) is 13.9. The molecule has 0 atom stereocenters. The Bertz CT molecular complexity index is 844. The van der Waals surface area contributed by atoms with E-state index in [4.69, 9.17) is 0 Å². The van der Waals surface area contributed by atoms with E-state index in [0.29, 0.717) is 0 Å². The van der Waals surface area contributed by atoms with Gasteiger partial charge in [0.15, 0.2) is 0 Å². The van der Waals surface area contributed by atoms with E-state index < -0.39 is 21.7 Å². The molecular weight excluding hydrogens is 321 g/mol. The van der Waals surface area contributed by atoms with Crippen LogP contribution in [0.5, 0.6) is 0 Å². The van der Waals surface area contributed by atoms with Crippen LogP contribution >= 0.6 is 0 Å². The van der Waals surface area contributed by atoms with Gasteiger partial charge >= 0.3 is 0 Å². The first-order valence-corrected chi connectivity index (χ1v) is 8.50. The quantitative estimate of drug-likeness (QED) is 0.901. The molecule has 1 heterocycles. The number of carbonyl (C=O) groups is 1. The van der Waals surface area contributed by atoms with Gasteiger partial charge < -0.3 is 0 Å². The number of benzene rings is 1. The summed E-state index contributed by atoms with van der Waals surface area (Å²) >= 11 is 0. The second-order valence-corrected chi connectivity index (χ2v) is 6.99. The van der Waals surface area contributed by atoms with E-state index in [0.717, 1.165) is 29.6 Å². The Labute approximate surface area is 134 Å². The van der Waals surface area contributed by atoms with Crippen molar-refractivity contribution in [2.75, 3.05) is 0 Å². The van der Waals surface area contributed by atoms with Gasteiger partial charge in [-0.05, 0) is 50.6 Å². The number of aryl methyl sites for hydroxylation is 4.